The normalized spacial score (nSPS) is 12.0. The molecule has 0 unspecified atom stereocenters. The van der Waals surface area contributed by atoms with E-state index in [9.17, 15) is 14.4 Å². The van der Waals surface area contributed by atoms with Gasteiger partial charge in [0.05, 0.1) is 0 Å². The number of para-hydroxylation sites is 1. The Labute approximate surface area is 185 Å². The number of amides is 1. The van der Waals surface area contributed by atoms with Gasteiger partial charge in [-0.05, 0) is 49.6 Å². The van der Waals surface area contributed by atoms with Crippen LogP contribution in [0.15, 0.2) is 48.5 Å². The van der Waals surface area contributed by atoms with Gasteiger partial charge in [-0.3, -0.25) is 9.59 Å². The average molecular weight is 441 g/mol. The van der Waals surface area contributed by atoms with Crippen molar-refractivity contribution in [1.29, 1.82) is 0 Å². The summed E-state index contributed by atoms with van der Waals surface area (Å²) in [4.78, 5) is 41.2. The number of benzene rings is 2. The summed E-state index contributed by atoms with van der Waals surface area (Å²) >= 11 is 5.86. The molecule has 0 saturated carbocycles. The molecular formula is C24H25ClN2O4. The van der Waals surface area contributed by atoms with Gasteiger partial charge in [0.15, 0.2) is 6.61 Å². The molecule has 2 N–H and O–H groups in total. The van der Waals surface area contributed by atoms with Gasteiger partial charge >= 0.3 is 5.97 Å². The number of esters is 1. The summed E-state index contributed by atoms with van der Waals surface area (Å²) in [5.41, 5.74) is 2.46. The van der Waals surface area contributed by atoms with Gasteiger partial charge in [0.25, 0.3) is 5.91 Å². The van der Waals surface area contributed by atoms with Crippen LogP contribution in [0.4, 0.5) is 0 Å². The lowest BCUT2D eigenvalue weighted by atomic mass is 10.0. The highest BCUT2D eigenvalue weighted by molar-refractivity contribution is 6.30. The lowest BCUT2D eigenvalue weighted by molar-refractivity contribution is -0.145. The molecule has 1 amide bonds. The first-order valence-corrected chi connectivity index (χ1v) is 10.5. The number of rotatable bonds is 8. The van der Waals surface area contributed by atoms with Crippen molar-refractivity contribution in [2.45, 2.75) is 33.2 Å². The Bertz CT molecular complexity index is 1100. The van der Waals surface area contributed by atoms with Crippen molar-refractivity contribution in [2.75, 3.05) is 6.61 Å². The first kappa shape index (κ1) is 22.6. The fraction of sp³-hybridized carbons (Fsp3) is 0.292. The zero-order chi connectivity index (χ0) is 22.5. The maximum Gasteiger partial charge on any atom is 0.329 e. The van der Waals surface area contributed by atoms with E-state index in [2.05, 4.69) is 10.3 Å². The largest absolute Gasteiger partial charge is 0.456 e. The Hall–Kier alpha value is -3.12. The van der Waals surface area contributed by atoms with Crippen LogP contribution >= 0.6 is 11.6 Å². The molecule has 7 heteroatoms. The summed E-state index contributed by atoms with van der Waals surface area (Å²) in [5, 5.41) is 4.01. The Morgan fingerprint density at radius 2 is 1.74 bits per heavy atom. The van der Waals surface area contributed by atoms with E-state index in [4.69, 9.17) is 16.3 Å². The number of carbonyl (C=O) groups is 3. The van der Waals surface area contributed by atoms with Gasteiger partial charge in [0, 0.05) is 32.7 Å². The molecule has 0 radical (unpaired) electrons. The molecule has 0 aliphatic carbocycles. The second kappa shape index (κ2) is 9.79. The van der Waals surface area contributed by atoms with E-state index in [1.54, 1.807) is 24.3 Å². The van der Waals surface area contributed by atoms with Crippen LogP contribution in [-0.2, 0) is 9.53 Å². The smallest absolute Gasteiger partial charge is 0.329 e. The second-order valence-electron chi connectivity index (χ2n) is 7.86. The predicted octanol–water partition coefficient (Wildman–Crippen LogP) is 4.70. The molecule has 0 aliphatic rings. The number of aryl methyl sites for hydroxylation is 1. The van der Waals surface area contributed by atoms with Gasteiger partial charge in [0.1, 0.15) is 6.04 Å². The molecule has 1 heterocycles. The fourth-order valence-electron chi connectivity index (χ4n) is 3.47. The molecule has 6 nitrogen and oxygen atoms in total. The summed E-state index contributed by atoms with van der Waals surface area (Å²) < 4.78 is 5.31. The Morgan fingerprint density at radius 1 is 1.06 bits per heavy atom. The highest BCUT2D eigenvalue weighted by Gasteiger charge is 2.26. The number of ketones is 1. The van der Waals surface area contributed by atoms with Gasteiger partial charge < -0.3 is 15.0 Å². The molecular weight excluding hydrogens is 416 g/mol. The monoisotopic (exact) mass is 440 g/mol. The summed E-state index contributed by atoms with van der Waals surface area (Å²) in [7, 11) is 0. The molecule has 31 heavy (non-hydrogen) atoms. The minimum Gasteiger partial charge on any atom is -0.456 e. The first-order valence-electron chi connectivity index (χ1n) is 10.1. The van der Waals surface area contributed by atoms with E-state index in [0.29, 0.717) is 22.6 Å². The van der Waals surface area contributed by atoms with Crippen LogP contribution in [0.5, 0.6) is 0 Å². The van der Waals surface area contributed by atoms with Gasteiger partial charge in [-0.1, -0.05) is 43.6 Å². The van der Waals surface area contributed by atoms with Crippen LogP contribution in [0.3, 0.4) is 0 Å². The SMILES string of the molecule is Cc1[nH]c2ccccc2c1C(=O)COC(=O)[C@@H](CC(C)C)NC(=O)c1ccc(Cl)cc1. The molecule has 1 aromatic heterocycles. The van der Waals surface area contributed by atoms with Crippen molar-refractivity contribution in [3.63, 3.8) is 0 Å². The number of hydrogen-bond donors (Lipinski definition) is 2. The van der Waals surface area contributed by atoms with Crippen LogP contribution in [0, 0.1) is 12.8 Å². The number of ether oxygens (including phenoxy) is 1. The minimum absolute atomic E-state index is 0.134. The number of nitrogens with one attached hydrogen (secondary N) is 2. The van der Waals surface area contributed by atoms with Gasteiger partial charge in [-0.15, -0.1) is 0 Å². The molecule has 3 aromatic rings. The number of halogens is 1. The van der Waals surface area contributed by atoms with E-state index in [-0.39, 0.29) is 11.7 Å². The maximum atomic E-state index is 12.8. The molecule has 0 aliphatic heterocycles. The first-order chi connectivity index (χ1) is 14.8. The summed E-state index contributed by atoms with van der Waals surface area (Å²) in [6, 6.07) is 13.0. The summed E-state index contributed by atoms with van der Waals surface area (Å²) in [6.07, 6.45) is 0.387. The molecule has 0 bridgehead atoms. The van der Waals surface area contributed by atoms with Crippen LogP contribution in [0.2, 0.25) is 5.02 Å². The number of aromatic amines is 1. The maximum absolute atomic E-state index is 12.8. The lowest BCUT2D eigenvalue weighted by Crippen LogP contribution is -2.43. The standard InChI is InChI=1S/C24H25ClN2O4/c1-14(2)12-20(27-23(29)16-8-10-17(25)11-9-16)24(30)31-13-21(28)22-15(3)26-19-7-5-4-6-18(19)22/h4-11,14,20,26H,12-13H2,1-3H3,(H,27,29)/t20-/m1/s1. The molecule has 2 aromatic carbocycles. The molecule has 0 saturated heterocycles. The zero-order valence-electron chi connectivity index (χ0n) is 17.7. The second-order valence-corrected chi connectivity index (χ2v) is 8.30. The van der Waals surface area contributed by atoms with Crippen molar-refractivity contribution in [1.82, 2.24) is 10.3 Å². The quantitative estimate of drug-likeness (QED) is 0.392. The van der Waals surface area contributed by atoms with E-state index < -0.39 is 24.5 Å². The van der Waals surface area contributed by atoms with Crippen molar-refractivity contribution in [2.24, 2.45) is 5.92 Å². The van der Waals surface area contributed by atoms with E-state index in [0.717, 1.165) is 16.6 Å². The van der Waals surface area contributed by atoms with Gasteiger partial charge in [-0.2, -0.15) is 0 Å². The van der Waals surface area contributed by atoms with Crippen LogP contribution in [0.25, 0.3) is 10.9 Å². The zero-order valence-corrected chi connectivity index (χ0v) is 18.5. The molecule has 162 valence electrons. The van der Waals surface area contributed by atoms with E-state index in [1.807, 2.05) is 45.0 Å². The molecule has 0 fully saturated rings. The van der Waals surface area contributed by atoms with Crippen LogP contribution in [-0.4, -0.2) is 35.3 Å². The third-order valence-electron chi connectivity index (χ3n) is 4.92. The lowest BCUT2D eigenvalue weighted by Gasteiger charge is -2.19. The Kier molecular flexibility index (Phi) is 7.13. The number of Topliss-reactive ketones (excluding diaryl/α,β-unsaturated/α-hetero) is 1. The third kappa shape index (κ3) is 5.52. The fourth-order valence-corrected chi connectivity index (χ4v) is 3.60. The van der Waals surface area contributed by atoms with Crippen molar-refractivity contribution < 1.29 is 19.1 Å². The van der Waals surface area contributed by atoms with E-state index >= 15 is 0 Å². The van der Waals surface area contributed by atoms with E-state index in [1.165, 1.54) is 0 Å². The molecule has 1 atom stereocenters. The van der Waals surface area contributed by atoms with Gasteiger partial charge in [-0.25, -0.2) is 4.79 Å². The molecule has 0 spiro atoms. The number of fused-ring (bicyclic) bond motifs is 1. The predicted molar refractivity (Wildman–Crippen MR) is 120 cm³/mol. The number of carbonyl (C=O) groups excluding carboxylic acids is 3. The topological polar surface area (TPSA) is 88.3 Å². The van der Waals surface area contributed by atoms with Crippen molar-refractivity contribution in [3.8, 4) is 0 Å². The van der Waals surface area contributed by atoms with Crippen LogP contribution in [0.1, 0.15) is 46.7 Å². The van der Waals surface area contributed by atoms with Crippen LogP contribution < -0.4 is 5.32 Å². The highest BCUT2D eigenvalue weighted by atomic mass is 35.5. The Balaban J connectivity index is 1.68. The van der Waals surface area contributed by atoms with Crippen molar-refractivity contribution in [3.05, 3.63) is 70.4 Å². The summed E-state index contributed by atoms with van der Waals surface area (Å²) in [6.45, 7) is 5.29. The van der Waals surface area contributed by atoms with Gasteiger partial charge in [0.2, 0.25) is 5.78 Å². The number of hydrogen-bond acceptors (Lipinski definition) is 4. The number of aromatic nitrogens is 1. The average Bonchev–Trinajstić information content (AvgIpc) is 3.07. The number of H-pyrrole nitrogens is 1. The third-order valence-corrected chi connectivity index (χ3v) is 5.17. The minimum atomic E-state index is -0.861. The Morgan fingerprint density at radius 3 is 2.42 bits per heavy atom. The molecule has 3 rings (SSSR count). The van der Waals surface area contributed by atoms with Crippen molar-refractivity contribution >= 4 is 40.2 Å². The highest BCUT2D eigenvalue weighted by Crippen LogP contribution is 2.22. The summed E-state index contributed by atoms with van der Waals surface area (Å²) in [5.74, 6) is -1.20.